The smallest absolute Gasteiger partial charge is 0.416 e. The van der Waals surface area contributed by atoms with Gasteiger partial charge in [-0.2, -0.15) is 13.2 Å². The maximum atomic E-state index is 12.9. The first-order valence-electron chi connectivity index (χ1n) is 8.60. The molecule has 148 valence electrons. The molecule has 4 nitrogen and oxygen atoms in total. The summed E-state index contributed by atoms with van der Waals surface area (Å²) in [6.45, 7) is 5.23. The zero-order chi connectivity index (χ0) is 20.7. The number of methoxy groups -OCH3 is 1. The molecule has 0 fully saturated rings. The highest BCUT2D eigenvalue weighted by Crippen LogP contribution is 2.37. The highest BCUT2D eigenvalue weighted by Gasteiger charge is 2.31. The van der Waals surface area contributed by atoms with Gasteiger partial charge in [0.2, 0.25) is 0 Å². The highest BCUT2D eigenvalue weighted by atomic mass is 19.4. The quantitative estimate of drug-likeness (QED) is 0.573. The highest BCUT2D eigenvalue weighted by molar-refractivity contribution is 6.08. The molecule has 7 heteroatoms. The van der Waals surface area contributed by atoms with E-state index in [4.69, 9.17) is 9.47 Å². The minimum absolute atomic E-state index is 0.179. The van der Waals surface area contributed by atoms with Crippen LogP contribution in [0.1, 0.15) is 36.8 Å². The number of carbonyl (C=O) groups excluding carboxylic acids is 1. The Hall–Kier alpha value is -2.96. The first-order chi connectivity index (χ1) is 13.0. The van der Waals surface area contributed by atoms with Crippen LogP contribution >= 0.6 is 0 Å². The van der Waals surface area contributed by atoms with Gasteiger partial charge < -0.3 is 14.5 Å². The minimum Gasteiger partial charge on any atom is -0.497 e. The third-order valence-electron chi connectivity index (χ3n) is 4.11. The van der Waals surface area contributed by atoms with Gasteiger partial charge >= 0.3 is 12.1 Å². The van der Waals surface area contributed by atoms with E-state index in [1.54, 1.807) is 39.0 Å². The Bertz CT molecular complexity index is 1010. The van der Waals surface area contributed by atoms with Crippen LogP contribution in [0.25, 0.3) is 22.0 Å². The summed E-state index contributed by atoms with van der Waals surface area (Å²) in [5, 5.41) is 0.682. The summed E-state index contributed by atoms with van der Waals surface area (Å²) in [7, 11) is 1.52. The van der Waals surface area contributed by atoms with E-state index in [9.17, 15) is 18.0 Å². The van der Waals surface area contributed by atoms with E-state index < -0.39 is 23.3 Å². The molecular formula is C21H20F3NO3. The van der Waals surface area contributed by atoms with E-state index in [-0.39, 0.29) is 5.69 Å². The van der Waals surface area contributed by atoms with E-state index in [2.05, 4.69) is 4.98 Å². The standard InChI is InChI=1S/C21H20F3NO3/c1-20(2,3)28-19(26)18-17(12-5-7-13(8-6-12)21(22,23)24)15-10-9-14(27-4)11-16(15)25-18/h5-11,25H,1-4H3. The SMILES string of the molecule is COc1ccc2c(-c3ccc(C(F)(F)F)cc3)c(C(=O)OC(C)(C)C)[nH]c2c1. The lowest BCUT2D eigenvalue weighted by atomic mass is 10.00. The van der Waals surface area contributed by atoms with Crippen molar-refractivity contribution < 1.29 is 27.4 Å². The van der Waals surface area contributed by atoms with Gasteiger partial charge in [0.1, 0.15) is 17.0 Å². The van der Waals surface area contributed by atoms with Gasteiger partial charge in [-0.05, 0) is 50.6 Å². The summed E-state index contributed by atoms with van der Waals surface area (Å²) in [5.41, 5.74) is 0.291. The van der Waals surface area contributed by atoms with Crippen LogP contribution < -0.4 is 4.74 Å². The molecule has 28 heavy (non-hydrogen) atoms. The zero-order valence-corrected chi connectivity index (χ0v) is 15.9. The molecule has 0 amide bonds. The summed E-state index contributed by atoms with van der Waals surface area (Å²) in [4.78, 5) is 15.8. The Morgan fingerprint density at radius 2 is 1.64 bits per heavy atom. The van der Waals surface area contributed by atoms with Crippen LogP contribution in [0.2, 0.25) is 0 Å². The van der Waals surface area contributed by atoms with Crippen molar-refractivity contribution >= 4 is 16.9 Å². The minimum atomic E-state index is -4.43. The predicted octanol–water partition coefficient (Wildman–Crippen LogP) is 5.82. The average molecular weight is 391 g/mol. The lowest BCUT2D eigenvalue weighted by Gasteiger charge is -2.19. The monoisotopic (exact) mass is 391 g/mol. The molecule has 0 aliphatic carbocycles. The summed E-state index contributed by atoms with van der Waals surface area (Å²) in [6.07, 6.45) is -4.43. The van der Waals surface area contributed by atoms with Crippen molar-refractivity contribution in [1.29, 1.82) is 0 Å². The molecule has 0 unspecified atom stereocenters. The number of benzene rings is 2. The predicted molar refractivity (Wildman–Crippen MR) is 100 cm³/mol. The van der Waals surface area contributed by atoms with Crippen LogP contribution in [0.15, 0.2) is 42.5 Å². The van der Waals surface area contributed by atoms with E-state index in [0.29, 0.717) is 27.8 Å². The Morgan fingerprint density at radius 1 is 1.00 bits per heavy atom. The molecule has 0 aliphatic heterocycles. The fraction of sp³-hybridized carbons (Fsp3) is 0.286. The summed E-state index contributed by atoms with van der Waals surface area (Å²) in [5.74, 6) is 0.000947. The average Bonchev–Trinajstić information content (AvgIpc) is 2.98. The van der Waals surface area contributed by atoms with E-state index in [1.165, 1.54) is 19.2 Å². The molecular weight excluding hydrogens is 371 g/mol. The molecule has 3 aromatic rings. The van der Waals surface area contributed by atoms with E-state index in [1.807, 2.05) is 0 Å². The van der Waals surface area contributed by atoms with Gasteiger partial charge in [-0.25, -0.2) is 4.79 Å². The van der Waals surface area contributed by atoms with Gasteiger partial charge in [-0.1, -0.05) is 12.1 Å². The number of esters is 1. The molecule has 2 aromatic carbocycles. The third kappa shape index (κ3) is 3.98. The number of hydrogen-bond acceptors (Lipinski definition) is 3. The zero-order valence-electron chi connectivity index (χ0n) is 15.9. The summed E-state index contributed by atoms with van der Waals surface area (Å²) < 4.78 is 49.4. The fourth-order valence-electron chi connectivity index (χ4n) is 2.91. The van der Waals surface area contributed by atoms with Gasteiger partial charge in [0.15, 0.2) is 0 Å². The second kappa shape index (κ2) is 6.89. The maximum Gasteiger partial charge on any atom is 0.416 e. The van der Waals surface area contributed by atoms with Crippen molar-refractivity contribution in [2.45, 2.75) is 32.5 Å². The van der Waals surface area contributed by atoms with Gasteiger partial charge in [0, 0.05) is 17.0 Å². The number of ether oxygens (including phenoxy) is 2. The Morgan fingerprint density at radius 3 is 2.18 bits per heavy atom. The Balaban J connectivity index is 2.18. The number of fused-ring (bicyclic) bond motifs is 1. The van der Waals surface area contributed by atoms with Gasteiger partial charge in [-0.15, -0.1) is 0 Å². The maximum absolute atomic E-state index is 12.9. The van der Waals surface area contributed by atoms with Gasteiger partial charge in [-0.3, -0.25) is 0 Å². The number of carbonyl (C=O) groups is 1. The molecule has 0 bridgehead atoms. The van der Waals surface area contributed by atoms with Crippen LogP contribution in [-0.4, -0.2) is 23.7 Å². The molecule has 1 N–H and O–H groups in total. The molecule has 0 atom stereocenters. The van der Waals surface area contributed by atoms with Gasteiger partial charge in [0.25, 0.3) is 0 Å². The molecule has 3 rings (SSSR count). The molecule has 0 aliphatic rings. The fourth-order valence-corrected chi connectivity index (χ4v) is 2.91. The first-order valence-corrected chi connectivity index (χ1v) is 8.60. The van der Waals surface area contributed by atoms with Crippen molar-refractivity contribution in [3.63, 3.8) is 0 Å². The van der Waals surface area contributed by atoms with Crippen LogP contribution in [0.3, 0.4) is 0 Å². The van der Waals surface area contributed by atoms with Crippen LogP contribution in [0.4, 0.5) is 13.2 Å². The first kappa shape index (κ1) is 19.8. The second-order valence-corrected chi connectivity index (χ2v) is 7.36. The molecule has 0 radical (unpaired) electrons. The number of halogens is 3. The Kier molecular flexibility index (Phi) is 4.87. The topological polar surface area (TPSA) is 51.3 Å². The second-order valence-electron chi connectivity index (χ2n) is 7.36. The number of aromatic amines is 1. The number of hydrogen-bond donors (Lipinski definition) is 1. The normalized spacial score (nSPS) is 12.2. The van der Waals surface area contributed by atoms with E-state index in [0.717, 1.165) is 12.1 Å². The van der Waals surface area contributed by atoms with Crippen LogP contribution in [0, 0.1) is 0 Å². The lowest BCUT2D eigenvalue weighted by molar-refractivity contribution is -0.137. The number of nitrogens with one attached hydrogen (secondary N) is 1. The van der Waals surface area contributed by atoms with Crippen molar-refractivity contribution in [3.8, 4) is 16.9 Å². The van der Waals surface area contributed by atoms with Gasteiger partial charge in [0.05, 0.1) is 18.2 Å². The largest absolute Gasteiger partial charge is 0.497 e. The van der Waals surface area contributed by atoms with Crippen LogP contribution in [0.5, 0.6) is 5.75 Å². The lowest BCUT2D eigenvalue weighted by Crippen LogP contribution is -2.24. The summed E-state index contributed by atoms with van der Waals surface area (Å²) in [6, 6.07) is 9.89. The molecule has 0 saturated carbocycles. The van der Waals surface area contributed by atoms with Crippen molar-refractivity contribution in [2.24, 2.45) is 0 Å². The van der Waals surface area contributed by atoms with Crippen LogP contribution in [-0.2, 0) is 10.9 Å². The number of aromatic nitrogens is 1. The molecule has 1 heterocycles. The van der Waals surface area contributed by atoms with E-state index >= 15 is 0 Å². The number of rotatable bonds is 3. The summed E-state index contributed by atoms with van der Waals surface area (Å²) >= 11 is 0. The molecule has 0 saturated heterocycles. The van der Waals surface area contributed by atoms with Crippen molar-refractivity contribution in [2.75, 3.05) is 7.11 Å². The Labute approximate surface area is 160 Å². The third-order valence-corrected chi connectivity index (χ3v) is 4.11. The molecule has 0 spiro atoms. The number of H-pyrrole nitrogens is 1. The van der Waals surface area contributed by atoms with Crippen molar-refractivity contribution in [3.05, 3.63) is 53.7 Å². The van der Waals surface area contributed by atoms with Crippen molar-refractivity contribution in [1.82, 2.24) is 4.98 Å². The molecule has 1 aromatic heterocycles. The number of alkyl halides is 3.